The van der Waals surface area contributed by atoms with Crippen LogP contribution in [0.3, 0.4) is 0 Å². The number of aryl methyl sites for hydroxylation is 1. The maximum Gasteiger partial charge on any atom is 0.258 e. The van der Waals surface area contributed by atoms with E-state index in [1.165, 1.54) is 0 Å². The topological polar surface area (TPSA) is 67.5 Å². The molecule has 25 heavy (non-hydrogen) atoms. The summed E-state index contributed by atoms with van der Waals surface area (Å²) < 4.78 is 3.62. The van der Waals surface area contributed by atoms with Gasteiger partial charge < -0.3 is 9.88 Å². The van der Waals surface area contributed by atoms with E-state index in [1.54, 1.807) is 16.7 Å². The van der Waals surface area contributed by atoms with Crippen LogP contribution in [0.1, 0.15) is 17.6 Å². The second-order valence-electron chi connectivity index (χ2n) is 6.10. The maximum absolute atomic E-state index is 12.3. The van der Waals surface area contributed by atoms with Crippen molar-refractivity contribution in [2.45, 2.75) is 12.6 Å². The van der Waals surface area contributed by atoms with Gasteiger partial charge in [0.1, 0.15) is 11.5 Å². The van der Waals surface area contributed by atoms with Crippen molar-refractivity contribution in [3.8, 4) is 0 Å². The van der Waals surface area contributed by atoms with Crippen LogP contribution in [0.5, 0.6) is 0 Å². The zero-order valence-electron chi connectivity index (χ0n) is 14.0. The highest BCUT2D eigenvalue weighted by Gasteiger charge is 2.27. The summed E-state index contributed by atoms with van der Waals surface area (Å²) in [5.74, 6) is 1.03. The normalized spacial score (nSPS) is 18.2. The first kappa shape index (κ1) is 17.6. The molecule has 132 valence electrons. The Balaban J connectivity index is 0.00000182. The van der Waals surface area contributed by atoms with Crippen LogP contribution in [0.25, 0.3) is 5.65 Å². The van der Waals surface area contributed by atoms with E-state index in [1.807, 2.05) is 42.2 Å². The summed E-state index contributed by atoms with van der Waals surface area (Å²) in [7, 11) is 2.01. The molecule has 7 nitrogen and oxygen atoms in total. The van der Waals surface area contributed by atoms with E-state index in [4.69, 9.17) is 0 Å². The fourth-order valence-electron chi connectivity index (χ4n) is 3.28. The summed E-state index contributed by atoms with van der Waals surface area (Å²) in [6.07, 6.45) is 5.53. The van der Waals surface area contributed by atoms with E-state index in [0.29, 0.717) is 12.2 Å². The number of hydrogen-bond acceptors (Lipinski definition) is 5. The molecular weight excluding hydrogens is 340 g/mol. The van der Waals surface area contributed by atoms with Crippen LogP contribution in [0.15, 0.2) is 47.7 Å². The SMILES string of the molecule is Cl.Cn1ccnc1C1CNCCN1Cc1cc(=O)n2ccccc2n1. The third-order valence-corrected chi connectivity index (χ3v) is 4.50. The Morgan fingerprint density at radius 1 is 1.32 bits per heavy atom. The first-order chi connectivity index (χ1) is 11.7. The molecule has 1 saturated heterocycles. The third-order valence-electron chi connectivity index (χ3n) is 4.50. The molecule has 1 aliphatic rings. The van der Waals surface area contributed by atoms with Crippen molar-refractivity contribution in [2.24, 2.45) is 7.05 Å². The molecule has 1 aliphatic heterocycles. The van der Waals surface area contributed by atoms with Crippen molar-refractivity contribution >= 4 is 18.1 Å². The van der Waals surface area contributed by atoms with Crippen LogP contribution in [-0.2, 0) is 13.6 Å². The summed E-state index contributed by atoms with van der Waals surface area (Å²) in [6.45, 7) is 3.30. The Kier molecular flexibility index (Phi) is 5.17. The van der Waals surface area contributed by atoms with Gasteiger partial charge in [-0.1, -0.05) is 6.07 Å². The van der Waals surface area contributed by atoms with E-state index in [2.05, 4.69) is 20.2 Å². The number of aromatic nitrogens is 4. The highest BCUT2D eigenvalue weighted by Crippen LogP contribution is 2.22. The lowest BCUT2D eigenvalue weighted by molar-refractivity contribution is 0.143. The predicted octanol–water partition coefficient (Wildman–Crippen LogP) is 0.996. The van der Waals surface area contributed by atoms with Gasteiger partial charge in [0.2, 0.25) is 0 Å². The van der Waals surface area contributed by atoms with E-state index in [0.717, 1.165) is 31.2 Å². The smallest absolute Gasteiger partial charge is 0.258 e. The zero-order valence-corrected chi connectivity index (χ0v) is 14.8. The molecule has 1 unspecified atom stereocenters. The maximum atomic E-state index is 12.3. The first-order valence-corrected chi connectivity index (χ1v) is 8.12. The van der Waals surface area contributed by atoms with Crippen LogP contribution in [-0.4, -0.2) is 43.5 Å². The molecule has 0 radical (unpaired) electrons. The molecule has 8 heteroatoms. The second kappa shape index (κ2) is 7.35. The van der Waals surface area contributed by atoms with E-state index < -0.39 is 0 Å². The zero-order chi connectivity index (χ0) is 16.5. The van der Waals surface area contributed by atoms with Crippen LogP contribution in [0.4, 0.5) is 0 Å². The molecule has 0 bridgehead atoms. The summed E-state index contributed by atoms with van der Waals surface area (Å²) in [6, 6.07) is 7.40. The van der Waals surface area contributed by atoms with Crippen LogP contribution < -0.4 is 10.9 Å². The van der Waals surface area contributed by atoms with Crippen LogP contribution in [0.2, 0.25) is 0 Å². The Labute approximate surface area is 151 Å². The van der Waals surface area contributed by atoms with E-state index in [-0.39, 0.29) is 24.0 Å². The van der Waals surface area contributed by atoms with E-state index >= 15 is 0 Å². The van der Waals surface area contributed by atoms with Gasteiger partial charge in [-0.15, -0.1) is 12.4 Å². The van der Waals surface area contributed by atoms with Gasteiger partial charge in [0.25, 0.3) is 5.56 Å². The average Bonchev–Trinajstić information content (AvgIpc) is 3.01. The largest absolute Gasteiger partial charge is 0.337 e. The van der Waals surface area contributed by atoms with Crippen molar-refractivity contribution in [1.82, 2.24) is 29.2 Å². The lowest BCUT2D eigenvalue weighted by Gasteiger charge is -2.35. The van der Waals surface area contributed by atoms with Crippen molar-refractivity contribution in [1.29, 1.82) is 0 Å². The van der Waals surface area contributed by atoms with E-state index in [9.17, 15) is 4.79 Å². The molecule has 0 amide bonds. The standard InChI is InChI=1S/C17H20N6O.ClH/c1-21-8-6-19-17(21)14-11-18-5-9-22(14)12-13-10-16(24)23-7-3-2-4-15(23)20-13;/h2-4,6-8,10,14,18H,5,9,11-12H2,1H3;1H. The van der Waals surface area contributed by atoms with Crippen LogP contribution in [0, 0.1) is 0 Å². The molecule has 3 aromatic heterocycles. The van der Waals surface area contributed by atoms with Gasteiger partial charge in [0.05, 0.1) is 11.7 Å². The number of imidazole rings is 1. The molecule has 1 N–H and O–H groups in total. The molecular formula is C17H21ClN6O. The molecule has 4 heterocycles. The molecule has 0 aliphatic carbocycles. The Bertz CT molecular complexity index is 921. The molecule has 3 aromatic rings. The van der Waals surface area contributed by atoms with Crippen molar-refractivity contribution in [2.75, 3.05) is 19.6 Å². The minimum atomic E-state index is -0.0423. The molecule has 1 atom stereocenters. The first-order valence-electron chi connectivity index (χ1n) is 8.12. The fraction of sp³-hybridized carbons (Fsp3) is 0.353. The number of piperazine rings is 1. The number of hydrogen-bond donors (Lipinski definition) is 1. The third kappa shape index (κ3) is 3.44. The lowest BCUT2D eigenvalue weighted by atomic mass is 10.1. The van der Waals surface area contributed by atoms with Gasteiger partial charge in [0, 0.05) is 57.9 Å². The Morgan fingerprint density at radius 3 is 3.00 bits per heavy atom. The molecule has 0 aromatic carbocycles. The summed E-state index contributed by atoms with van der Waals surface area (Å²) in [5, 5.41) is 3.43. The van der Waals surface area contributed by atoms with Gasteiger partial charge in [-0.05, 0) is 12.1 Å². The summed E-state index contributed by atoms with van der Waals surface area (Å²) in [4.78, 5) is 23.8. The molecule has 4 rings (SSSR count). The van der Waals surface area contributed by atoms with Gasteiger partial charge in [-0.2, -0.15) is 0 Å². The fourth-order valence-corrected chi connectivity index (χ4v) is 3.28. The van der Waals surface area contributed by atoms with Gasteiger partial charge in [-0.3, -0.25) is 14.1 Å². The summed E-state index contributed by atoms with van der Waals surface area (Å²) in [5.41, 5.74) is 1.44. The predicted molar refractivity (Wildman–Crippen MR) is 97.9 cm³/mol. The summed E-state index contributed by atoms with van der Waals surface area (Å²) >= 11 is 0. The minimum absolute atomic E-state index is 0. The lowest BCUT2D eigenvalue weighted by Crippen LogP contribution is -2.46. The number of nitrogens with one attached hydrogen (secondary N) is 1. The average molecular weight is 361 g/mol. The number of rotatable bonds is 3. The van der Waals surface area contributed by atoms with Crippen molar-refractivity contribution in [3.05, 3.63) is 64.7 Å². The van der Waals surface area contributed by atoms with Crippen molar-refractivity contribution in [3.63, 3.8) is 0 Å². The molecule has 0 saturated carbocycles. The minimum Gasteiger partial charge on any atom is -0.337 e. The van der Waals surface area contributed by atoms with Gasteiger partial charge in [-0.25, -0.2) is 9.97 Å². The van der Waals surface area contributed by atoms with Crippen molar-refractivity contribution < 1.29 is 0 Å². The quantitative estimate of drug-likeness (QED) is 0.754. The van der Waals surface area contributed by atoms with Gasteiger partial charge >= 0.3 is 0 Å². The Morgan fingerprint density at radius 2 is 2.20 bits per heavy atom. The highest BCUT2D eigenvalue weighted by atomic mass is 35.5. The number of pyridine rings is 1. The number of fused-ring (bicyclic) bond motifs is 1. The number of halogens is 1. The second-order valence-corrected chi connectivity index (χ2v) is 6.10. The van der Waals surface area contributed by atoms with Gasteiger partial charge in [0.15, 0.2) is 0 Å². The monoisotopic (exact) mass is 360 g/mol. The number of nitrogens with zero attached hydrogens (tertiary/aromatic N) is 5. The highest BCUT2D eigenvalue weighted by molar-refractivity contribution is 5.85. The Hall–Kier alpha value is -2.22. The molecule has 0 spiro atoms. The molecule has 1 fully saturated rings. The van der Waals surface area contributed by atoms with Crippen LogP contribution >= 0.6 is 12.4 Å².